The van der Waals surface area contributed by atoms with E-state index in [-0.39, 0.29) is 0 Å². The lowest BCUT2D eigenvalue weighted by Crippen LogP contribution is -2.26. The minimum atomic E-state index is -1.84. The molecule has 0 fully saturated rings. The van der Waals surface area contributed by atoms with Gasteiger partial charge in [-0.05, 0) is 72.4 Å². The third kappa shape index (κ3) is 3.55. The number of halogens is 1. The van der Waals surface area contributed by atoms with Crippen molar-refractivity contribution >= 4 is 37.4 Å². The van der Waals surface area contributed by atoms with Crippen LogP contribution in [0.5, 0.6) is 0 Å². The van der Waals surface area contributed by atoms with Crippen molar-refractivity contribution in [1.82, 2.24) is 0 Å². The van der Waals surface area contributed by atoms with Crippen LogP contribution in [0, 0.1) is 0 Å². The average Bonchev–Trinajstić information content (AvgIpc) is 2.84. The summed E-state index contributed by atoms with van der Waals surface area (Å²) in [6.07, 6.45) is 3.72. The van der Waals surface area contributed by atoms with Gasteiger partial charge in [-0.1, -0.05) is 72.8 Å². The van der Waals surface area contributed by atoms with Crippen molar-refractivity contribution in [3.8, 4) is 0 Å². The fraction of sp³-hybridized carbons (Fsp3) is 0.143. The lowest BCUT2D eigenvalue weighted by molar-refractivity contribution is 0.616. The van der Waals surface area contributed by atoms with Crippen LogP contribution in [0.2, 0.25) is 0 Å². The van der Waals surface area contributed by atoms with E-state index >= 15 is 0 Å². The van der Waals surface area contributed by atoms with Crippen LogP contribution in [-0.2, 0) is 6.42 Å². The van der Waals surface area contributed by atoms with Crippen LogP contribution in [0.1, 0.15) is 35.4 Å². The molecule has 4 aromatic carbocycles. The molecule has 0 saturated carbocycles. The molecular weight excluding hydrogens is 447 g/mol. The van der Waals surface area contributed by atoms with Gasteiger partial charge >= 0.3 is 0 Å². The molecule has 148 valence electrons. The summed E-state index contributed by atoms with van der Waals surface area (Å²) in [5.74, 6) is -1.33. The van der Waals surface area contributed by atoms with Gasteiger partial charge in [0.25, 0.3) is 0 Å². The molecular formula is C28H25BrP+. The molecule has 0 aromatic heterocycles. The van der Waals surface area contributed by atoms with E-state index in [1.165, 1.54) is 51.9 Å². The highest BCUT2D eigenvalue weighted by Gasteiger charge is 2.43. The fourth-order valence-corrected chi connectivity index (χ4v) is 9.47. The number of hydrogen-bond acceptors (Lipinski definition) is 0. The summed E-state index contributed by atoms with van der Waals surface area (Å²) in [7, 11) is 0. The number of aryl methyl sites for hydroxylation is 1. The first-order valence-electron chi connectivity index (χ1n) is 10.6. The maximum atomic E-state index is 4.27. The molecule has 4 aromatic rings. The largest absolute Gasteiger partial charge is 0.181 e. The molecule has 1 aliphatic rings. The standard InChI is InChI=1S/C28H25BrP/c29-30(24-12-3-1-4-13-24,25-14-5-2-6-15-25)26-20-18-23(19-21-26)28-17-9-11-22-10-7-8-16-27(22)28/h1-8,10,12-16,18-21,28H,9,11,17H2/q+1. The molecule has 0 N–H and O–H groups in total. The minimum absolute atomic E-state index is 0.514. The Morgan fingerprint density at radius 1 is 0.600 bits per heavy atom. The maximum absolute atomic E-state index is 4.27. The first-order valence-corrected chi connectivity index (χ1v) is 14.5. The Kier molecular flexibility index (Phi) is 5.59. The Labute approximate surface area is 188 Å². The highest BCUT2D eigenvalue weighted by molar-refractivity contribution is 9.44. The summed E-state index contributed by atoms with van der Waals surface area (Å²) in [6, 6.07) is 40.2. The zero-order valence-corrected chi connectivity index (χ0v) is 19.4. The van der Waals surface area contributed by atoms with E-state index < -0.39 is 5.96 Å². The van der Waals surface area contributed by atoms with Crippen molar-refractivity contribution in [1.29, 1.82) is 0 Å². The lowest BCUT2D eigenvalue weighted by Gasteiger charge is -2.26. The minimum Gasteiger partial charge on any atom is -0.0620 e. The molecule has 0 saturated heterocycles. The Balaban J connectivity index is 1.57. The second-order valence-corrected chi connectivity index (χ2v) is 13.9. The van der Waals surface area contributed by atoms with E-state index in [9.17, 15) is 0 Å². The second kappa shape index (κ2) is 8.50. The third-order valence-electron chi connectivity index (χ3n) is 6.24. The summed E-state index contributed by atoms with van der Waals surface area (Å²) in [5.41, 5.74) is 4.47. The summed E-state index contributed by atoms with van der Waals surface area (Å²) >= 11 is 4.27. The van der Waals surface area contributed by atoms with Gasteiger partial charge in [0.1, 0.15) is 15.9 Å². The van der Waals surface area contributed by atoms with Gasteiger partial charge < -0.3 is 0 Å². The van der Waals surface area contributed by atoms with Gasteiger partial charge in [0, 0.05) is 5.92 Å². The summed E-state index contributed by atoms with van der Waals surface area (Å²) in [5, 5.41) is 4.08. The fourth-order valence-electron chi connectivity index (χ4n) is 4.73. The Morgan fingerprint density at radius 2 is 1.13 bits per heavy atom. The van der Waals surface area contributed by atoms with Crippen LogP contribution in [0.15, 0.2) is 109 Å². The SMILES string of the molecule is Br[P+](c1ccccc1)(c1ccccc1)c1ccc(C2CCCc3ccccc32)cc1. The zero-order chi connectivity index (χ0) is 20.4. The van der Waals surface area contributed by atoms with E-state index in [2.05, 4.69) is 125 Å². The van der Waals surface area contributed by atoms with Crippen molar-refractivity contribution < 1.29 is 0 Å². The molecule has 0 nitrogen and oxygen atoms in total. The van der Waals surface area contributed by atoms with E-state index in [1.807, 2.05) is 0 Å². The number of benzene rings is 4. The molecule has 5 rings (SSSR count). The van der Waals surface area contributed by atoms with E-state index in [0.29, 0.717) is 5.92 Å². The van der Waals surface area contributed by atoms with E-state index in [1.54, 1.807) is 0 Å². The van der Waals surface area contributed by atoms with Crippen molar-refractivity contribution in [2.24, 2.45) is 0 Å². The van der Waals surface area contributed by atoms with Crippen LogP contribution < -0.4 is 15.9 Å². The summed E-state index contributed by atoms with van der Waals surface area (Å²) < 4.78 is 0. The first-order chi connectivity index (χ1) is 14.8. The quantitative estimate of drug-likeness (QED) is 0.288. The molecule has 0 spiro atoms. The second-order valence-electron chi connectivity index (χ2n) is 8.00. The topological polar surface area (TPSA) is 0 Å². The van der Waals surface area contributed by atoms with Gasteiger partial charge in [-0.25, -0.2) is 0 Å². The van der Waals surface area contributed by atoms with Crippen LogP contribution in [-0.4, -0.2) is 0 Å². The van der Waals surface area contributed by atoms with Crippen molar-refractivity contribution in [2.75, 3.05) is 0 Å². The molecule has 0 aliphatic heterocycles. The van der Waals surface area contributed by atoms with Crippen LogP contribution in [0.4, 0.5) is 0 Å². The summed E-state index contributed by atoms with van der Waals surface area (Å²) in [4.78, 5) is 0. The van der Waals surface area contributed by atoms with E-state index in [4.69, 9.17) is 0 Å². The van der Waals surface area contributed by atoms with Gasteiger partial charge in [-0.3, -0.25) is 0 Å². The third-order valence-corrected chi connectivity index (χ3v) is 13.0. The van der Waals surface area contributed by atoms with Crippen LogP contribution in [0.3, 0.4) is 0 Å². The lowest BCUT2D eigenvalue weighted by atomic mass is 9.79. The molecule has 0 radical (unpaired) electrons. The average molecular weight is 472 g/mol. The predicted molar refractivity (Wildman–Crippen MR) is 135 cm³/mol. The molecule has 1 aliphatic carbocycles. The molecule has 0 bridgehead atoms. The van der Waals surface area contributed by atoms with Crippen molar-refractivity contribution in [3.63, 3.8) is 0 Å². The number of rotatable bonds is 4. The monoisotopic (exact) mass is 471 g/mol. The Bertz CT molecular complexity index is 1080. The predicted octanol–water partition coefficient (Wildman–Crippen LogP) is 6.76. The zero-order valence-electron chi connectivity index (χ0n) is 16.9. The van der Waals surface area contributed by atoms with Gasteiger partial charge in [-0.15, -0.1) is 0 Å². The van der Waals surface area contributed by atoms with E-state index in [0.717, 1.165) is 0 Å². The molecule has 30 heavy (non-hydrogen) atoms. The van der Waals surface area contributed by atoms with Gasteiger partial charge in [0.2, 0.25) is 0 Å². The highest BCUT2D eigenvalue weighted by atomic mass is 79.9. The number of fused-ring (bicyclic) bond motifs is 1. The van der Waals surface area contributed by atoms with Crippen molar-refractivity contribution in [3.05, 3.63) is 126 Å². The Morgan fingerprint density at radius 3 is 1.77 bits per heavy atom. The Hall–Kier alpha value is -2.21. The van der Waals surface area contributed by atoms with Gasteiger partial charge in [-0.2, -0.15) is 0 Å². The van der Waals surface area contributed by atoms with Gasteiger partial charge in [0.05, 0.1) is 0 Å². The van der Waals surface area contributed by atoms with Crippen LogP contribution >= 0.6 is 21.5 Å². The molecule has 1 atom stereocenters. The smallest absolute Gasteiger partial charge is 0.0620 e. The van der Waals surface area contributed by atoms with Crippen LogP contribution in [0.25, 0.3) is 0 Å². The molecule has 0 amide bonds. The summed E-state index contributed by atoms with van der Waals surface area (Å²) in [6.45, 7) is 0. The molecule has 1 unspecified atom stereocenters. The molecule has 2 heteroatoms. The highest BCUT2D eigenvalue weighted by Crippen LogP contribution is 2.62. The molecule has 0 heterocycles. The normalized spacial score (nSPS) is 16.1. The van der Waals surface area contributed by atoms with Gasteiger partial charge in [0.15, 0.2) is 21.5 Å². The first kappa shape index (κ1) is 19.7. The van der Waals surface area contributed by atoms with Crippen molar-refractivity contribution in [2.45, 2.75) is 25.2 Å². The number of hydrogen-bond donors (Lipinski definition) is 0. The maximum Gasteiger partial charge on any atom is 0.181 e.